The molecule has 1 atom stereocenters. The monoisotopic (exact) mass is 404 g/mol. The summed E-state index contributed by atoms with van der Waals surface area (Å²) in [7, 11) is -2.07. The van der Waals surface area contributed by atoms with Crippen molar-refractivity contribution in [2.45, 2.75) is 38.6 Å². The molecule has 0 saturated carbocycles. The zero-order valence-electron chi connectivity index (χ0n) is 16.7. The summed E-state index contributed by atoms with van der Waals surface area (Å²) in [6.07, 6.45) is 1.44. The standard InChI is InChI=1S/C21H29N2O4P/c1-17-6-10-20(11-7-17)27-15-4-5-18-8-9-19(23(18)3)12-13-21(2,22)14-16-28(24,25)26/h6-11H,12-16,22H2,1-3H3,(H2,24,25,26). The van der Waals surface area contributed by atoms with Gasteiger partial charge in [-0.3, -0.25) is 4.57 Å². The molecule has 6 nitrogen and oxygen atoms in total. The highest BCUT2D eigenvalue weighted by molar-refractivity contribution is 7.51. The van der Waals surface area contributed by atoms with Crippen LogP contribution in [0.25, 0.3) is 0 Å². The minimum absolute atomic E-state index is 0.190. The maximum absolute atomic E-state index is 11.0. The van der Waals surface area contributed by atoms with Crippen LogP contribution < -0.4 is 10.5 Å². The minimum Gasteiger partial charge on any atom is -0.481 e. The van der Waals surface area contributed by atoms with Gasteiger partial charge in [0.2, 0.25) is 0 Å². The lowest BCUT2D eigenvalue weighted by Gasteiger charge is -2.25. The van der Waals surface area contributed by atoms with Crippen molar-refractivity contribution in [1.29, 1.82) is 0 Å². The van der Waals surface area contributed by atoms with E-state index in [2.05, 4.69) is 11.8 Å². The molecule has 0 bridgehead atoms. The number of rotatable bonds is 8. The topological polar surface area (TPSA) is 97.7 Å². The molecule has 0 aliphatic carbocycles. The van der Waals surface area contributed by atoms with Crippen LogP contribution in [-0.2, 0) is 18.0 Å². The van der Waals surface area contributed by atoms with Crippen molar-refractivity contribution in [3.63, 3.8) is 0 Å². The molecule has 0 fully saturated rings. The van der Waals surface area contributed by atoms with E-state index < -0.39 is 13.1 Å². The van der Waals surface area contributed by atoms with Crippen LogP contribution in [0.4, 0.5) is 0 Å². The Kier molecular flexibility index (Phi) is 7.51. The van der Waals surface area contributed by atoms with Crippen molar-refractivity contribution >= 4 is 7.60 Å². The molecule has 4 N–H and O–H groups in total. The molecule has 0 aliphatic heterocycles. The predicted molar refractivity (Wildman–Crippen MR) is 111 cm³/mol. The summed E-state index contributed by atoms with van der Waals surface area (Å²) in [6, 6.07) is 11.8. The first-order valence-electron chi connectivity index (χ1n) is 9.22. The largest absolute Gasteiger partial charge is 0.481 e. The third-order valence-corrected chi connectivity index (χ3v) is 5.51. The van der Waals surface area contributed by atoms with E-state index in [1.807, 2.05) is 61.9 Å². The Morgan fingerprint density at radius 2 is 1.86 bits per heavy atom. The number of nitrogens with two attached hydrogens (primary N) is 1. The fourth-order valence-electron chi connectivity index (χ4n) is 2.75. The van der Waals surface area contributed by atoms with Gasteiger partial charge in [0.15, 0.2) is 0 Å². The minimum atomic E-state index is -4.02. The first-order chi connectivity index (χ1) is 13.1. The summed E-state index contributed by atoms with van der Waals surface area (Å²) in [5.74, 6) is 6.93. The lowest BCUT2D eigenvalue weighted by molar-refractivity contribution is 0.353. The van der Waals surface area contributed by atoms with Gasteiger partial charge in [-0.15, -0.1) is 0 Å². The molecule has 1 aromatic carbocycles. The van der Waals surface area contributed by atoms with Crippen LogP contribution in [0.15, 0.2) is 36.4 Å². The highest BCUT2D eigenvalue weighted by Crippen LogP contribution is 2.37. The second kappa shape index (κ2) is 9.45. The van der Waals surface area contributed by atoms with Crippen LogP contribution in [0.5, 0.6) is 5.75 Å². The van der Waals surface area contributed by atoms with Gasteiger partial charge in [-0.05, 0) is 63.3 Å². The van der Waals surface area contributed by atoms with Gasteiger partial charge in [0.25, 0.3) is 0 Å². The van der Waals surface area contributed by atoms with E-state index in [0.717, 1.165) is 17.1 Å². The Hall–Kier alpha value is -2.03. The van der Waals surface area contributed by atoms with Crippen molar-refractivity contribution in [2.75, 3.05) is 12.8 Å². The van der Waals surface area contributed by atoms with Gasteiger partial charge < -0.3 is 24.8 Å². The lowest BCUT2D eigenvalue weighted by Crippen LogP contribution is -2.37. The van der Waals surface area contributed by atoms with E-state index in [1.165, 1.54) is 5.56 Å². The molecule has 1 aromatic heterocycles. The fraction of sp³-hybridized carbons (Fsp3) is 0.429. The summed E-state index contributed by atoms with van der Waals surface area (Å²) >= 11 is 0. The van der Waals surface area contributed by atoms with Crippen molar-refractivity contribution < 1.29 is 19.1 Å². The van der Waals surface area contributed by atoms with Crippen molar-refractivity contribution in [1.82, 2.24) is 4.57 Å². The number of aromatic nitrogens is 1. The Balaban J connectivity index is 1.88. The second-order valence-corrected chi connectivity index (χ2v) is 9.24. The van der Waals surface area contributed by atoms with Crippen LogP contribution in [0.2, 0.25) is 0 Å². The normalized spacial score (nSPS) is 13.5. The molecule has 0 radical (unpaired) electrons. The summed E-state index contributed by atoms with van der Waals surface area (Å²) in [5.41, 5.74) is 8.72. The van der Waals surface area contributed by atoms with Crippen molar-refractivity contribution in [2.24, 2.45) is 12.8 Å². The molecule has 2 aromatic rings. The van der Waals surface area contributed by atoms with E-state index in [1.54, 1.807) is 0 Å². The third-order valence-electron chi connectivity index (χ3n) is 4.70. The third kappa shape index (κ3) is 7.53. The molecule has 7 heteroatoms. The van der Waals surface area contributed by atoms with E-state index in [4.69, 9.17) is 20.3 Å². The molecule has 1 heterocycles. The van der Waals surface area contributed by atoms with Crippen LogP contribution in [0.3, 0.4) is 0 Å². The van der Waals surface area contributed by atoms with Crippen LogP contribution in [-0.4, -0.2) is 32.7 Å². The highest BCUT2D eigenvalue weighted by Gasteiger charge is 2.24. The molecule has 1 unspecified atom stereocenters. The zero-order valence-corrected chi connectivity index (χ0v) is 17.6. The number of aryl methyl sites for hydroxylation is 2. The zero-order chi connectivity index (χ0) is 20.8. The van der Waals surface area contributed by atoms with Gasteiger partial charge in [0.1, 0.15) is 12.4 Å². The van der Waals surface area contributed by atoms with Crippen LogP contribution in [0, 0.1) is 18.8 Å². The molecule has 28 heavy (non-hydrogen) atoms. The Morgan fingerprint density at radius 1 is 1.18 bits per heavy atom. The van der Waals surface area contributed by atoms with E-state index >= 15 is 0 Å². The Bertz CT molecular complexity index is 885. The number of hydrogen-bond acceptors (Lipinski definition) is 3. The molecule has 0 saturated heterocycles. The highest BCUT2D eigenvalue weighted by atomic mass is 31.2. The molecule has 152 valence electrons. The first-order valence-corrected chi connectivity index (χ1v) is 11.0. The van der Waals surface area contributed by atoms with E-state index in [0.29, 0.717) is 19.4 Å². The summed E-state index contributed by atoms with van der Waals surface area (Å²) in [4.78, 5) is 18.1. The predicted octanol–water partition coefficient (Wildman–Crippen LogP) is 2.98. The van der Waals surface area contributed by atoms with Crippen LogP contribution in [0.1, 0.15) is 36.7 Å². The maximum atomic E-state index is 11.0. The van der Waals surface area contributed by atoms with Gasteiger partial charge in [-0.2, -0.15) is 0 Å². The van der Waals surface area contributed by atoms with Gasteiger partial charge >= 0.3 is 7.60 Å². The van der Waals surface area contributed by atoms with Crippen molar-refractivity contribution in [3.05, 3.63) is 53.3 Å². The molecule has 2 rings (SSSR count). The Morgan fingerprint density at radius 3 is 2.50 bits per heavy atom. The summed E-state index contributed by atoms with van der Waals surface area (Å²) < 4.78 is 18.7. The molecule has 0 aliphatic rings. The number of nitrogens with zero attached hydrogens (tertiary/aromatic N) is 1. The van der Waals surface area contributed by atoms with Gasteiger partial charge in [0, 0.05) is 18.3 Å². The van der Waals surface area contributed by atoms with E-state index in [9.17, 15) is 4.57 Å². The molecule has 0 amide bonds. The number of hydrogen-bond donors (Lipinski definition) is 3. The smallest absolute Gasteiger partial charge is 0.325 e. The average Bonchev–Trinajstić information content (AvgIpc) is 2.96. The van der Waals surface area contributed by atoms with Gasteiger partial charge in [-0.25, -0.2) is 0 Å². The molecular formula is C21H29N2O4P. The van der Waals surface area contributed by atoms with E-state index in [-0.39, 0.29) is 12.6 Å². The molecular weight excluding hydrogens is 375 g/mol. The molecule has 0 spiro atoms. The van der Waals surface area contributed by atoms with Crippen LogP contribution >= 0.6 is 7.60 Å². The summed E-state index contributed by atoms with van der Waals surface area (Å²) in [5, 5.41) is 0. The second-order valence-electron chi connectivity index (χ2n) is 7.46. The lowest BCUT2D eigenvalue weighted by atomic mass is 9.93. The SMILES string of the molecule is Cc1ccc(OCC#Cc2ccc(CCC(C)(N)CCP(=O)(O)O)n2C)cc1. The summed E-state index contributed by atoms with van der Waals surface area (Å²) in [6.45, 7) is 4.17. The number of ether oxygens (including phenoxy) is 1. The number of benzene rings is 1. The first kappa shape index (κ1) is 22.3. The average molecular weight is 404 g/mol. The quantitative estimate of drug-likeness (QED) is 0.464. The maximum Gasteiger partial charge on any atom is 0.325 e. The van der Waals surface area contributed by atoms with Crippen molar-refractivity contribution in [3.8, 4) is 17.6 Å². The fourth-order valence-corrected chi connectivity index (χ4v) is 3.55. The van der Waals surface area contributed by atoms with Gasteiger partial charge in [-0.1, -0.05) is 23.6 Å². The van der Waals surface area contributed by atoms with Gasteiger partial charge in [0.05, 0.1) is 11.9 Å². The Labute approximate surface area is 166 Å².